The Morgan fingerprint density at radius 1 is 1.64 bits per heavy atom. The summed E-state index contributed by atoms with van der Waals surface area (Å²) < 4.78 is 1.97. The molecule has 0 radical (unpaired) electrons. The van der Waals surface area contributed by atoms with E-state index in [4.69, 9.17) is 0 Å². The standard InChI is InChI=1S/C10H19N3O/c1-3-4-9(14)7-11-8-10-12-5-6-13(10)2/h5-6,9,11,14H,3-4,7-8H2,1-2H3. The van der Waals surface area contributed by atoms with E-state index in [1.54, 1.807) is 6.20 Å². The van der Waals surface area contributed by atoms with Crippen molar-refractivity contribution >= 4 is 0 Å². The molecule has 1 aromatic rings. The van der Waals surface area contributed by atoms with Gasteiger partial charge in [0.05, 0.1) is 12.6 Å². The molecule has 1 heterocycles. The number of imidazole rings is 1. The number of rotatable bonds is 6. The van der Waals surface area contributed by atoms with Crippen LogP contribution in [-0.4, -0.2) is 27.3 Å². The van der Waals surface area contributed by atoms with Crippen LogP contribution in [0.25, 0.3) is 0 Å². The zero-order chi connectivity index (χ0) is 10.4. The van der Waals surface area contributed by atoms with E-state index in [1.807, 2.05) is 17.8 Å². The molecular formula is C10H19N3O. The zero-order valence-electron chi connectivity index (χ0n) is 8.90. The Kier molecular flexibility index (Phi) is 4.62. The summed E-state index contributed by atoms with van der Waals surface area (Å²) in [6, 6.07) is 0. The van der Waals surface area contributed by atoms with Gasteiger partial charge in [0.2, 0.25) is 0 Å². The summed E-state index contributed by atoms with van der Waals surface area (Å²) in [6.45, 7) is 3.42. The van der Waals surface area contributed by atoms with Crippen molar-refractivity contribution in [1.82, 2.24) is 14.9 Å². The Morgan fingerprint density at radius 2 is 2.43 bits per heavy atom. The average molecular weight is 197 g/mol. The largest absolute Gasteiger partial charge is 0.392 e. The molecule has 0 saturated heterocycles. The quantitative estimate of drug-likeness (QED) is 0.704. The monoisotopic (exact) mass is 197 g/mol. The van der Waals surface area contributed by atoms with Gasteiger partial charge in [0, 0.05) is 26.0 Å². The van der Waals surface area contributed by atoms with Crippen LogP contribution in [0, 0.1) is 0 Å². The van der Waals surface area contributed by atoms with Crippen LogP contribution in [0.4, 0.5) is 0 Å². The molecule has 0 amide bonds. The van der Waals surface area contributed by atoms with Crippen LogP contribution in [0.5, 0.6) is 0 Å². The summed E-state index contributed by atoms with van der Waals surface area (Å²) in [6.07, 6.45) is 5.33. The first-order valence-corrected chi connectivity index (χ1v) is 5.09. The fraction of sp³-hybridized carbons (Fsp3) is 0.700. The van der Waals surface area contributed by atoms with Gasteiger partial charge in [-0.05, 0) is 6.42 Å². The Hall–Kier alpha value is -0.870. The Morgan fingerprint density at radius 3 is 3.00 bits per heavy atom. The van der Waals surface area contributed by atoms with Gasteiger partial charge in [0.15, 0.2) is 0 Å². The molecule has 0 bridgehead atoms. The molecular weight excluding hydrogens is 178 g/mol. The van der Waals surface area contributed by atoms with Gasteiger partial charge < -0.3 is 15.0 Å². The summed E-state index contributed by atoms with van der Waals surface area (Å²) in [7, 11) is 1.96. The van der Waals surface area contributed by atoms with Crippen LogP contribution in [0.2, 0.25) is 0 Å². The van der Waals surface area contributed by atoms with Gasteiger partial charge in [-0.3, -0.25) is 0 Å². The lowest BCUT2D eigenvalue weighted by Gasteiger charge is -2.10. The van der Waals surface area contributed by atoms with E-state index in [1.165, 1.54) is 0 Å². The second kappa shape index (κ2) is 5.78. The molecule has 0 aromatic carbocycles. The molecule has 0 aliphatic heterocycles. The second-order valence-corrected chi connectivity index (χ2v) is 3.53. The minimum absolute atomic E-state index is 0.236. The van der Waals surface area contributed by atoms with Crippen molar-refractivity contribution in [2.45, 2.75) is 32.4 Å². The lowest BCUT2D eigenvalue weighted by Crippen LogP contribution is -2.27. The van der Waals surface area contributed by atoms with E-state index >= 15 is 0 Å². The highest BCUT2D eigenvalue weighted by Gasteiger charge is 2.03. The highest BCUT2D eigenvalue weighted by molar-refractivity contribution is 4.90. The highest BCUT2D eigenvalue weighted by atomic mass is 16.3. The average Bonchev–Trinajstić information content (AvgIpc) is 2.52. The van der Waals surface area contributed by atoms with Gasteiger partial charge in [-0.15, -0.1) is 0 Å². The van der Waals surface area contributed by atoms with Gasteiger partial charge in [0.1, 0.15) is 5.82 Å². The zero-order valence-corrected chi connectivity index (χ0v) is 8.90. The minimum atomic E-state index is -0.236. The normalized spacial score (nSPS) is 13.1. The molecule has 0 saturated carbocycles. The van der Waals surface area contributed by atoms with Crippen LogP contribution >= 0.6 is 0 Å². The highest BCUT2D eigenvalue weighted by Crippen LogP contribution is 1.96. The number of hydrogen-bond donors (Lipinski definition) is 2. The van der Waals surface area contributed by atoms with Gasteiger partial charge in [-0.25, -0.2) is 4.98 Å². The van der Waals surface area contributed by atoms with E-state index in [0.717, 1.165) is 18.7 Å². The fourth-order valence-corrected chi connectivity index (χ4v) is 1.35. The first-order chi connectivity index (χ1) is 6.74. The van der Waals surface area contributed by atoms with Gasteiger partial charge in [-0.1, -0.05) is 13.3 Å². The molecule has 1 atom stereocenters. The third-order valence-corrected chi connectivity index (χ3v) is 2.21. The fourth-order valence-electron chi connectivity index (χ4n) is 1.35. The van der Waals surface area contributed by atoms with Gasteiger partial charge >= 0.3 is 0 Å². The van der Waals surface area contributed by atoms with Gasteiger partial charge in [-0.2, -0.15) is 0 Å². The second-order valence-electron chi connectivity index (χ2n) is 3.53. The first kappa shape index (κ1) is 11.2. The summed E-state index contributed by atoms with van der Waals surface area (Å²) in [5, 5.41) is 12.6. The molecule has 1 rings (SSSR count). The Bertz CT molecular complexity index is 260. The first-order valence-electron chi connectivity index (χ1n) is 5.09. The predicted molar refractivity (Wildman–Crippen MR) is 55.8 cm³/mol. The van der Waals surface area contributed by atoms with Crippen LogP contribution in [0.3, 0.4) is 0 Å². The summed E-state index contributed by atoms with van der Waals surface area (Å²) in [4.78, 5) is 4.18. The van der Waals surface area contributed by atoms with E-state index in [0.29, 0.717) is 13.1 Å². The molecule has 2 N–H and O–H groups in total. The van der Waals surface area contributed by atoms with Crippen molar-refractivity contribution in [3.05, 3.63) is 18.2 Å². The number of nitrogens with one attached hydrogen (secondary N) is 1. The maximum atomic E-state index is 9.46. The van der Waals surface area contributed by atoms with E-state index < -0.39 is 0 Å². The number of aliphatic hydroxyl groups excluding tert-OH is 1. The SMILES string of the molecule is CCCC(O)CNCc1nccn1C. The maximum Gasteiger partial charge on any atom is 0.122 e. The van der Waals surface area contributed by atoms with Crippen molar-refractivity contribution in [3.8, 4) is 0 Å². The van der Waals surface area contributed by atoms with E-state index in [-0.39, 0.29) is 6.10 Å². The number of aryl methyl sites for hydroxylation is 1. The van der Waals surface area contributed by atoms with Crippen molar-refractivity contribution < 1.29 is 5.11 Å². The molecule has 1 unspecified atom stereocenters. The lowest BCUT2D eigenvalue weighted by atomic mass is 10.2. The van der Waals surface area contributed by atoms with Crippen LogP contribution in [0.1, 0.15) is 25.6 Å². The Labute approximate surface area is 85.0 Å². The van der Waals surface area contributed by atoms with E-state index in [9.17, 15) is 5.11 Å². The Balaban J connectivity index is 2.19. The van der Waals surface area contributed by atoms with Crippen molar-refractivity contribution in [2.24, 2.45) is 7.05 Å². The maximum absolute atomic E-state index is 9.46. The summed E-state index contributed by atoms with van der Waals surface area (Å²) >= 11 is 0. The molecule has 0 aliphatic rings. The van der Waals surface area contributed by atoms with Crippen LogP contribution < -0.4 is 5.32 Å². The third-order valence-electron chi connectivity index (χ3n) is 2.21. The predicted octanol–water partition coefficient (Wildman–Crippen LogP) is 0.671. The molecule has 0 spiro atoms. The van der Waals surface area contributed by atoms with Crippen LogP contribution in [-0.2, 0) is 13.6 Å². The molecule has 0 fully saturated rings. The van der Waals surface area contributed by atoms with Crippen molar-refractivity contribution in [2.75, 3.05) is 6.54 Å². The molecule has 14 heavy (non-hydrogen) atoms. The number of hydrogen-bond acceptors (Lipinski definition) is 3. The number of aliphatic hydroxyl groups is 1. The topological polar surface area (TPSA) is 50.1 Å². The lowest BCUT2D eigenvalue weighted by molar-refractivity contribution is 0.160. The van der Waals surface area contributed by atoms with Crippen LogP contribution in [0.15, 0.2) is 12.4 Å². The van der Waals surface area contributed by atoms with E-state index in [2.05, 4.69) is 17.2 Å². The molecule has 4 nitrogen and oxygen atoms in total. The minimum Gasteiger partial charge on any atom is -0.392 e. The molecule has 80 valence electrons. The molecule has 4 heteroatoms. The number of nitrogens with zero attached hydrogens (tertiary/aromatic N) is 2. The summed E-state index contributed by atoms with van der Waals surface area (Å²) in [5.74, 6) is 0.994. The smallest absolute Gasteiger partial charge is 0.122 e. The number of aromatic nitrogens is 2. The van der Waals surface area contributed by atoms with Crippen molar-refractivity contribution in [3.63, 3.8) is 0 Å². The molecule has 1 aromatic heterocycles. The van der Waals surface area contributed by atoms with Gasteiger partial charge in [0.25, 0.3) is 0 Å². The third kappa shape index (κ3) is 3.47. The van der Waals surface area contributed by atoms with Crippen molar-refractivity contribution in [1.29, 1.82) is 0 Å². The molecule has 0 aliphatic carbocycles. The summed E-state index contributed by atoms with van der Waals surface area (Å²) in [5.41, 5.74) is 0.